The van der Waals surface area contributed by atoms with Gasteiger partial charge in [0.15, 0.2) is 11.5 Å². The van der Waals surface area contributed by atoms with Gasteiger partial charge in [-0.3, -0.25) is 9.69 Å². The minimum Gasteiger partial charge on any atom is -0.490 e. The highest BCUT2D eigenvalue weighted by atomic mass is 127. The molecule has 4 rings (SSSR count). The number of hydrogen-bond acceptors (Lipinski definition) is 4. The van der Waals surface area contributed by atoms with Crippen molar-refractivity contribution in [3.05, 3.63) is 62.6 Å². The lowest BCUT2D eigenvalue weighted by molar-refractivity contribution is -0.124. The maximum absolute atomic E-state index is 14.0. The molecule has 1 aliphatic carbocycles. The third-order valence-electron chi connectivity index (χ3n) is 5.82. The predicted octanol–water partition coefficient (Wildman–Crippen LogP) is 5.63. The smallest absolute Gasteiger partial charge is 0.329 e. The van der Waals surface area contributed by atoms with E-state index in [1.807, 2.05) is 13.0 Å². The van der Waals surface area contributed by atoms with E-state index in [1.54, 1.807) is 30.3 Å². The maximum atomic E-state index is 14.0. The summed E-state index contributed by atoms with van der Waals surface area (Å²) in [5.74, 6) is 0.381. The lowest BCUT2D eigenvalue weighted by Gasteiger charge is -2.28. The third kappa shape index (κ3) is 5.31. The fourth-order valence-electron chi connectivity index (χ4n) is 4.23. The van der Waals surface area contributed by atoms with Crippen LogP contribution in [0.5, 0.6) is 11.5 Å². The van der Waals surface area contributed by atoms with Gasteiger partial charge in [0, 0.05) is 11.6 Å². The van der Waals surface area contributed by atoms with E-state index in [2.05, 4.69) is 27.9 Å². The molecule has 1 saturated carbocycles. The second-order valence-corrected chi connectivity index (χ2v) is 9.26. The van der Waals surface area contributed by atoms with Crippen LogP contribution in [0.1, 0.15) is 50.2 Å². The lowest BCUT2D eigenvalue weighted by atomic mass is 9.94. The van der Waals surface area contributed by atoms with Gasteiger partial charge in [0.05, 0.1) is 10.2 Å². The van der Waals surface area contributed by atoms with Gasteiger partial charge in [-0.15, -0.1) is 0 Å². The predicted molar refractivity (Wildman–Crippen MR) is 131 cm³/mol. The number of rotatable bonds is 7. The Labute approximate surface area is 206 Å². The first-order valence-electron chi connectivity index (χ1n) is 11.2. The summed E-state index contributed by atoms with van der Waals surface area (Å²) in [5, 5.41) is 2.72. The second-order valence-electron chi connectivity index (χ2n) is 8.10. The van der Waals surface area contributed by atoms with Crippen molar-refractivity contribution >= 4 is 40.6 Å². The number of urea groups is 1. The SMILES string of the molecule is CCOc1cc(/C=C2\NC(=O)N(C3CCCCC3)C2=O)cc(I)c1OCc1ccccc1F. The van der Waals surface area contributed by atoms with E-state index >= 15 is 0 Å². The summed E-state index contributed by atoms with van der Waals surface area (Å²) < 4.78 is 26.4. The Morgan fingerprint density at radius 3 is 2.64 bits per heavy atom. The Kier molecular flexibility index (Phi) is 7.52. The van der Waals surface area contributed by atoms with Crippen LogP contribution in [-0.4, -0.2) is 29.5 Å². The molecule has 2 aromatic carbocycles. The summed E-state index contributed by atoms with van der Waals surface area (Å²) in [6, 6.07) is 9.67. The van der Waals surface area contributed by atoms with Crippen molar-refractivity contribution in [3.8, 4) is 11.5 Å². The number of hydrogen-bond donors (Lipinski definition) is 1. The molecule has 0 unspecified atom stereocenters. The van der Waals surface area contributed by atoms with Gasteiger partial charge in [-0.1, -0.05) is 37.5 Å². The molecule has 1 heterocycles. The van der Waals surface area contributed by atoms with Gasteiger partial charge in [0.1, 0.15) is 18.1 Å². The van der Waals surface area contributed by atoms with Crippen molar-refractivity contribution in [1.29, 1.82) is 0 Å². The second kappa shape index (κ2) is 10.5. The molecule has 33 heavy (non-hydrogen) atoms. The number of carbonyl (C=O) groups excluding carboxylic acids is 2. The summed E-state index contributed by atoms with van der Waals surface area (Å²) in [5.41, 5.74) is 1.41. The first-order valence-corrected chi connectivity index (χ1v) is 12.2. The Morgan fingerprint density at radius 1 is 1.15 bits per heavy atom. The van der Waals surface area contributed by atoms with Gasteiger partial charge in [0.2, 0.25) is 0 Å². The minimum atomic E-state index is -0.359. The molecule has 1 aliphatic heterocycles. The molecule has 2 aliphatic rings. The van der Waals surface area contributed by atoms with E-state index in [1.165, 1.54) is 11.0 Å². The van der Waals surface area contributed by atoms with Gasteiger partial charge >= 0.3 is 6.03 Å². The van der Waals surface area contributed by atoms with Gasteiger partial charge < -0.3 is 14.8 Å². The van der Waals surface area contributed by atoms with E-state index in [0.29, 0.717) is 29.2 Å². The molecule has 0 bridgehead atoms. The van der Waals surface area contributed by atoms with Crippen molar-refractivity contribution in [2.45, 2.75) is 51.7 Å². The van der Waals surface area contributed by atoms with Gasteiger partial charge in [-0.25, -0.2) is 9.18 Å². The molecule has 0 atom stereocenters. The van der Waals surface area contributed by atoms with Crippen LogP contribution >= 0.6 is 22.6 Å². The Bertz CT molecular complexity index is 1080. The number of imide groups is 1. The molecule has 0 spiro atoms. The van der Waals surface area contributed by atoms with Gasteiger partial charge in [0.25, 0.3) is 5.91 Å². The fourth-order valence-corrected chi connectivity index (χ4v) is 5.01. The average molecular weight is 564 g/mol. The number of nitrogens with one attached hydrogen (secondary N) is 1. The lowest BCUT2D eigenvalue weighted by Crippen LogP contribution is -2.41. The summed E-state index contributed by atoms with van der Waals surface area (Å²) >= 11 is 2.13. The topological polar surface area (TPSA) is 67.9 Å². The van der Waals surface area contributed by atoms with Crippen LogP contribution in [0.4, 0.5) is 9.18 Å². The van der Waals surface area contributed by atoms with Crippen LogP contribution in [0, 0.1) is 9.39 Å². The zero-order chi connectivity index (χ0) is 23.4. The summed E-state index contributed by atoms with van der Waals surface area (Å²) in [6.45, 7) is 2.34. The number of nitrogens with zero attached hydrogens (tertiary/aromatic N) is 1. The average Bonchev–Trinajstić information content (AvgIpc) is 3.07. The standard InChI is InChI=1S/C25H26FIN2O4/c1-2-32-22-14-16(12-20(27)23(22)33-15-17-8-6-7-11-19(17)26)13-21-24(30)29(25(31)28-21)18-9-4-3-5-10-18/h6-8,11-14,18H,2-5,9-10,15H2,1H3,(H,28,31)/b21-13-. The van der Waals surface area contributed by atoms with Crippen LogP contribution < -0.4 is 14.8 Å². The van der Waals surface area contributed by atoms with Crippen LogP contribution in [0.15, 0.2) is 42.1 Å². The maximum Gasteiger partial charge on any atom is 0.329 e. The summed E-state index contributed by atoms with van der Waals surface area (Å²) in [6.07, 6.45) is 6.58. The van der Waals surface area contributed by atoms with Gasteiger partial charge in [-0.2, -0.15) is 0 Å². The van der Waals surface area contributed by atoms with E-state index in [9.17, 15) is 14.0 Å². The summed E-state index contributed by atoms with van der Waals surface area (Å²) in [7, 11) is 0. The van der Waals surface area contributed by atoms with Crippen LogP contribution in [0.3, 0.4) is 0 Å². The number of halogens is 2. The third-order valence-corrected chi connectivity index (χ3v) is 6.62. The Balaban J connectivity index is 1.57. The largest absolute Gasteiger partial charge is 0.490 e. The highest BCUT2D eigenvalue weighted by molar-refractivity contribution is 14.1. The zero-order valence-corrected chi connectivity index (χ0v) is 20.6. The first-order chi connectivity index (χ1) is 16.0. The summed E-state index contributed by atoms with van der Waals surface area (Å²) in [4.78, 5) is 26.8. The Hall–Kier alpha value is -2.62. The van der Waals surface area contributed by atoms with E-state index < -0.39 is 0 Å². The molecule has 2 fully saturated rings. The molecule has 8 heteroatoms. The molecule has 1 N–H and O–H groups in total. The van der Waals surface area contributed by atoms with Crippen molar-refractivity contribution in [3.63, 3.8) is 0 Å². The molecule has 1 saturated heterocycles. The number of benzene rings is 2. The van der Waals surface area contributed by atoms with Crippen LogP contribution in [-0.2, 0) is 11.4 Å². The number of amides is 3. The highest BCUT2D eigenvalue weighted by Gasteiger charge is 2.39. The van der Waals surface area contributed by atoms with Crippen molar-refractivity contribution in [2.75, 3.05) is 6.61 Å². The monoisotopic (exact) mass is 564 g/mol. The van der Waals surface area contributed by atoms with E-state index in [4.69, 9.17) is 9.47 Å². The van der Waals surface area contributed by atoms with Crippen LogP contribution in [0.2, 0.25) is 0 Å². The van der Waals surface area contributed by atoms with Crippen LogP contribution in [0.25, 0.3) is 6.08 Å². The molecule has 6 nitrogen and oxygen atoms in total. The molecular formula is C25H26FIN2O4. The molecule has 2 aromatic rings. The zero-order valence-electron chi connectivity index (χ0n) is 18.4. The first kappa shape index (κ1) is 23.5. The highest BCUT2D eigenvalue weighted by Crippen LogP contribution is 2.36. The normalized spacial score (nSPS) is 18.0. The molecular weight excluding hydrogens is 538 g/mol. The fraction of sp³-hybridized carbons (Fsp3) is 0.360. The van der Waals surface area contributed by atoms with Crippen molar-refractivity contribution < 1.29 is 23.5 Å². The molecule has 0 radical (unpaired) electrons. The number of carbonyl (C=O) groups is 2. The minimum absolute atomic E-state index is 0.0366. The van der Waals surface area contributed by atoms with Crippen molar-refractivity contribution in [2.24, 2.45) is 0 Å². The van der Waals surface area contributed by atoms with E-state index in [0.717, 1.165) is 35.7 Å². The van der Waals surface area contributed by atoms with Crippen molar-refractivity contribution in [1.82, 2.24) is 10.2 Å². The molecule has 0 aromatic heterocycles. The molecule has 174 valence electrons. The number of ether oxygens (including phenoxy) is 2. The quantitative estimate of drug-likeness (QED) is 0.269. The molecule has 3 amide bonds. The van der Waals surface area contributed by atoms with E-state index in [-0.39, 0.29) is 36.1 Å². The Morgan fingerprint density at radius 2 is 1.91 bits per heavy atom. The van der Waals surface area contributed by atoms with Gasteiger partial charge in [-0.05, 0) is 72.2 Å².